The Hall–Kier alpha value is -0.650. The molecule has 12 heavy (non-hydrogen) atoms. The number of carbonyl (C=O) groups excluding carboxylic acids is 1. The molecule has 0 aromatic rings. The van der Waals surface area contributed by atoms with Crippen molar-refractivity contribution in [2.75, 3.05) is 20.1 Å². The molecule has 1 rings (SSSR count). The first-order valence-corrected chi connectivity index (χ1v) is 3.98. The van der Waals surface area contributed by atoms with Crippen LogP contribution in [0.4, 0.5) is 0 Å². The topological polar surface area (TPSA) is 67.6 Å². The number of ether oxygens (including phenoxy) is 1. The SMILES string of the molecule is C[C@H]1CN(C)C[C@H](C(=O)NN)O1. The van der Waals surface area contributed by atoms with Crippen molar-refractivity contribution in [2.45, 2.75) is 19.1 Å². The van der Waals surface area contributed by atoms with Crippen LogP contribution >= 0.6 is 0 Å². The molecule has 1 fully saturated rings. The van der Waals surface area contributed by atoms with Crippen molar-refractivity contribution in [1.29, 1.82) is 0 Å². The van der Waals surface area contributed by atoms with Crippen LogP contribution in [0.5, 0.6) is 0 Å². The maximum absolute atomic E-state index is 11.1. The fourth-order valence-corrected chi connectivity index (χ4v) is 1.40. The highest BCUT2D eigenvalue weighted by molar-refractivity contribution is 5.80. The van der Waals surface area contributed by atoms with E-state index in [9.17, 15) is 4.79 Å². The summed E-state index contributed by atoms with van der Waals surface area (Å²) in [6.45, 7) is 3.40. The quantitative estimate of drug-likeness (QED) is 0.294. The molecule has 0 unspecified atom stereocenters. The maximum Gasteiger partial charge on any atom is 0.264 e. The van der Waals surface area contributed by atoms with Crippen LogP contribution in [-0.4, -0.2) is 43.2 Å². The zero-order valence-electron chi connectivity index (χ0n) is 7.41. The second-order valence-corrected chi connectivity index (χ2v) is 3.17. The summed E-state index contributed by atoms with van der Waals surface area (Å²) in [5, 5.41) is 0. The second kappa shape index (κ2) is 3.84. The fraction of sp³-hybridized carbons (Fsp3) is 0.857. The predicted octanol–water partition coefficient (Wildman–Crippen LogP) is -1.30. The first-order chi connectivity index (χ1) is 5.63. The van der Waals surface area contributed by atoms with Gasteiger partial charge in [0.05, 0.1) is 6.10 Å². The zero-order chi connectivity index (χ0) is 9.14. The van der Waals surface area contributed by atoms with E-state index in [2.05, 4.69) is 5.43 Å². The molecule has 5 heteroatoms. The number of morpholine rings is 1. The average Bonchev–Trinajstić information content (AvgIpc) is 2.01. The third kappa shape index (κ3) is 2.17. The molecule has 1 saturated heterocycles. The smallest absolute Gasteiger partial charge is 0.264 e. The minimum atomic E-state index is -0.427. The Morgan fingerprint density at radius 3 is 2.83 bits per heavy atom. The predicted molar refractivity (Wildman–Crippen MR) is 44.2 cm³/mol. The van der Waals surface area contributed by atoms with Gasteiger partial charge < -0.3 is 9.64 Å². The molecule has 0 aliphatic carbocycles. The van der Waals surface area contributed by atoms with Crippen LogP contribution in [0, 0.1) is 0 Å². The van der Waals surface area contributed by atoms with E-state index in [-0.39, 0.29) is 12.0 Å². The van der Waals surface area contributed by atoms with Crippen molar-refractivity contribution in [3.8, 4) is 0 Å². The van der Waals surface area contributed by atoms with E-state index in [1.165, 1.54) is 0 Å². The Morgan fingerprint density at radius 1 is 1.67 bits per heavy atom. The van der Waals surface area contributed by atoms with Crippen LogP contribution in [0.25, 0.3) is 0 Å². The van der Waals surface area contributed by atoms with Crippen molar-refractivity contribution in [3.05, 3.63) is 0 Å². The van der Waals surface area contributed by atoms with Crippen LogP contribution in [0.15, 0.2) is 0 Å². The summed E-state index contributed by atoms with van der Waals surface area (Å²) >= 11 is 0. The summed E-state index contributed by atoms with van der Waals surface area (Å²) in [5.41, 5.74) is 2.09. The van der Waals surface area contributed by atoms with Gasteiger partial charge in [0.1, 0.15) is 0 Å². The molecule has 1 amide bonds. The van der Waals surface area contributed by atoms with E-state index in [0.29, 0.717) is 6.54 Å². The van der Waals surface area contributed by atoms with Crippen molar-refractivity contribution in [3.63, 3.8) is 0 Å². The van der Waals surface area contributed by atoms with E-state index in [1.807, 2.05) is 18.9 Å². The van der Waals surface area contributed by atoms with Crippen LogP contribution in [0.2, 0.25) is 0 Å². The maximum atomic E-state index is 11.1. The molecule has 1 aliphatic rings. The Morgan fingerprint density at radius 2 is 2.33 bits per heavy atom. The van der Waals surface area contributed by atoms with Gasteiger partial charge in [0.25, 0.3) is 5.91 Å². The van der Waals surface area contributed by atoms with Gasteiger partial charge in [-0.05, 0) is 14.0 Å². The molecule has 5 nitrogen and oxygen atoms in total. The average molecular weight is 173 g/mol. The van der Waals surface area contributed by atoms with Gasteiger partial charge in [-0.3, -0.25) is 10.2 Å². The summed E-state index contributed by atoms with van der Waals surface area (Å²) < 4.78 is 5.38. The summed E-state index contributed by atoms with van der Waals surface area (Å²) in [4.78, 5) is 13.1. The summed E-state index contributed by atoms with van der Waals surface area (Å²) in [6, 6.07) is 0. The van der Waals surface area contributed by atoms with Gasteiger partial charge in [0, 0.05) is 13.1 Å². The molecular weight excluding hydrogens is 158 g/mol. The Kier molecular flexibility index (Phi) is 3.02. The Labute approximate surface area is 71.8 Å². The fourth-order valence-electron chi connectivity index (χ4n) is 1.40. The molecule has 2 atom stereocenters. The number of hydrogen-bond acceptors (Lipinski definition) is 4. The second-order valence-electron chi connectivity index (χ2n) is 3.17. The molecular formula is C7H15N3O2. The van der Waals surface area contributed by atoms with Gasteiger partial charge in [-0.1, -0.05) is 0 Å². The number of hydrogen-bond donors (Lipinski definition) is 2. The molecule has 0 aromatic carbocycles. The van der Waals surface area contributed by atoms with E-state index < -0.39 is 6.10 Å². The molecule has 0 radical (unpaired) electrons. The standard InChI is InChI=1S/C7H15N3O2/c1-5-3-10(2)4-6(12-5)7(11)9-8/h5-6H,3-4,8H2,1-2H3,(H,9,11)/t5-,6+/m0/s1. The van der Waals surface area contributed by atoms with Crippen molar-refractivity contribution in [1.82, 2.24) is 10.3 Å². The normalized spacial score (nSPS) is 31.6. The number of carbonyl (C=O) groups is 1. The number of hydrazine groups is 1. The van der Waals surface area contributed by atoms with E-state index in [4.69, 9.17) is 10.6 Å². The highest BCUT2D eigenvalue weighted by Gasteiger charge is 2.27. The molecule has 0 aromatic heterocycles. The van der Waals surface area contributed by atoms with Gasteiger partial charge in [0.2, 0.25) is 0 Å². The van der Waals surface area contributed by atoms with Gasteiger partial charge >= 0.3 is 0 Å². The molecule has 1 heterocycles. The molecule has 0 spiro atoms. The first kappa shape index (κ1) is 9.44. The van der Waals surface area contributed by atoms with Crippen LogP contribution in [-0.2, 0) is 9.53 Å². The Bertz CT molecular complexity index is 164. The molecule has 1 aliphatic heterocycles. The number of nitrogens with two attached hydrogens (primary N) is 1. The monoisotopic (exact) mass is 173 g/mol. The van der Waals surface area contributed by atoms with Crippen LogP contribution in [0.3, 0.4) is 0 Å². The van der Waals surface area contributed by atoms with Crippen molar-refractivity contribution in [2.24, 2.45) is 5.84 Å². The number of amides is 1. The number of rotatable bonds is 1. The lowest BCUT2D eigenvalue weighted by molar-refractivity contribution is -0.144. The van der Waals surface area contributed by atoms with E-state index in [1.54, 1.807) is 0 Å². The van der Waals surface area contributed by atoms with E-state index >= 15 is 0 Å². The minimum absolute atomic E-state index is 0.0889. The Balaban J connectivity index is 2.49. The van der Waals surface area contributed by atoms with E-state index in [0.717, 1.165) is 6.54 Å². The highest BCUT2D eigenvalue weighted by Crippen LogP contribution is 2.08. The third-order valence-electron chi connectivity index (χ3n) is 1.88. The minimum Gasteiger partial charge on any atom is -0.363 e. The van der Waals surface area contributed by atoms with Gasteiger partial charge in [0.15, 0.2) is 6.10 Å². The van der Waals surface area contributed by atoms with Gasteiger partial charge in [-0.2, -0.15) is 0 Å². The molecule has 70 valence electrons. The molecule has 0 bridgehead atoms. The third-order valence-corrected chi connectivity index (χ3v) is 1.88. The largest absolute Gasteiger partial charge is 0.363 e. The van der Waals surface area contributed by atoms with Crippen LogP contribution < -0.4 is 11.3 Å². The summed E-state index contributed by atoms with van der Waals surface area (Å²) in [6.07, 6.45) is -0.338. The number of likely N-dealkylation sites (N-methyl/N-ethyl adjacent to an activating group) is 1. The lowest BCUT2D eigenvalue weighted by Crippen LogP contribution is -2.52. The van der Waals surface area contributed by atoms with Crippen molar-refractivity contribution >= 4 is 5.91 Å². The van der Waals surface area contributed by atoms with Gasteiger partial charge in [-0.25, -0.2) is 5.84 Å². The lowest BCUT2D eigenvalue weighted by atomic mass is 10.2. The zero-order valence-corrected chi connectivity index (χ0v) is 7.41. The number of nitrogens with zero attached hydrogens (tertiary/aromatic N) is 1. The lowest BCUT2D eigenvalue weighted by Gasteiger charge is -2.33. The molecule has 3 N–H and O–H groups in total. The number of nitrogens with one attached hydrogen (secondary N) is 1. The summed E-state index contributed by atoms with van der Waals surface area (Å²) in [7, 11) is 1.95. The van der Waals surface area contributed by atoms with Crippen LogP contribution in [0.1, 0.15) is 6.92 Å². The van der Waals surface area contributed by atoms with Gasteiger partial charge in [-0.15, -0.1) is 0 Å². The van der Waals surface area contributed by atoms with Crippen molar-refractivity contribution < 1.29 is 9.53 Å². The first-order valence-electron chi connectivity index (χ1n) is 3.98. The molecule has 0 saturated carbocycles. The highest BCUT2D eigenvalue weighted by atomic mass is 16.5. The summed E-state index contributed by atoms with van der Waals surface area (Å²) in [5.74, 6) is 4.74.